The minimum absolute atomic E-state index is 0.0692. The van der Waals surface area contributed by atoms with E-state index in [2.05, 4.69) is 4.98 Å². The Balaban J connectivity index is 1.50. The van der Waals surface area contributed by atoms with Gasteiger partial charge in [-0.15, -0.1) is 0 Å². The number of carbonyl (C=O) groups is 1. The molecule has 10 heteroatoms. The van der Waals surface area contributed by atoms with Crippen LogP contribution in [0, 0.1) is 11.6 Å². The van der Waals surface area contributed by atoms with Crippen LogP contribution in [0.1, 0.15) is 29.9 Å². The molecule has 29 heavy (non-hydrogen) atoms. The number of amides is 1. The molecular weight excluding hydrogens is 395 g/mol. The van der Waals surface area contributed by atoms with Crippen LogP contribution in [-0.4, -0.2) is 39.5 Å². The third kappa shape index (κ3) is 5.31. The Hall–Kier alpha value is -2.49. The van der Waals surface area contributed by atoms with Gasteiger partial charge in [-0.25, -0.2) is 13.8 Å². The maximum atomic E-state index is 13.2. The Morgan fingerprint density at radius 3 is 2.62 bits per heavy atom. The number of halogens is 5. The van der Waals surface area contributed by atoms with E-state index < -0.39 is 29.5 Å². The van der Waals surface area contributed by atoms with Gasteiger partial charge in [0.2, 0.25) is 5.91 Å². The minimum Gasteiger partial charge on any atom is -0.340 e. The van der Waals surface area contributed by atoms with E-state index in [1.54, 1.807) is 4.90 Å². The molecule has 0 unspecified atom stereocenters. The monoisotopic (exact) mass is 416 g/mol. The fraction of sp³-hybridized carbons (Fsp3) is 0.474. The second-order valence-corrected chi connectivity index (χ2v) is 7.12. The van der Waals surface area contributed by atoms with Gasteiger partial charge in [-0.05, 0) is 30.5 Å². The smallest absolute Gasteiger partial charge is 0.340 e. The van der Waals surface area contributed by atoms with Crippen molar-refractivity contribution in [2.75, 3.05) is 13.1 Å². The molecule has 0 saturated carbocycles. The molecule has 0 spiro atoms. The Morgan fingerprint density at radius 2 is 1.93 bits per heavy atom. The second-order valence-electron chi connectivity index (χ2n) is 7.12. The molecule has 0 aliphatic carbocycles. The van der Waals surface area contributed by atoms with E-state index in [0.29, 0.717) is 24.2 Å². The molecule has 2 aromatic rings. The van der Waals surface area contributed by atoms with Gasteiger partial charge in [0, 0.05) is 44.7 Å². The normalized spacial score (nSPS) is 15.7. The first-order valence-corrected chi connectivity index (χ1v) is 9.24. The van der Waals surface area contributed by atoms with Crippen LogP contribution >= 0.6 is 0 Å². The Kier molecular flexibility index (Phi) is 6.21. The van der Waals surface area contributed by atoms with E-state index in [9.17, 15) is 26.7 Å². The molecule has 1 atom stereocenters. The molecule has 2 N–H and O–H groups in total. The number of hydrogen-bond donors (Lipinski definition) is 1. The first-order chi connectivity index (χ1) is 13.6. The average molecular weight is 416 g/mol. The van der Waals surface area contributed by atoms with Crippen LogP contribution in [0.15, 0.2) is 24.4 Å². The average Bonchev–Trinajstić information content (AvgIpc) is 2.96. The van der Waals surface area contributed by atoms with Gasteiger partial charge in [0.25, 0.3) is 0 Å². The lowest BCUT2D eigenvalue weighted by atomic mass is 10.0. The van der Waals surface area contributed by atoms with Crippen LogP contribution in [0.4, 0.5) is 22.0 Å². The van der Waals surface area contributed by atoms with Gasteiger partial charge in [0.15, 0.2) is 17.3 Å². The summed E-state index contributed by atoms with van der Waals surface area (Å²) in [5.41, 5.74) is 5.68. The highest BCUT2D eigenvalue weighted by atomic mass is 19.4. The summed E-state index contributed by atoms with van der Waals surface area (Å²) in [4.78, 5) is 17.7. The van der Waals surface area contributed by atoms with Crippen molar-refractivity contribution >= 4 is 5.91 Å². The highest BCUT2D eigenvalue weighted by Crippen LogP contribution is 2.29. The van der Waals surface area contributed by atoms with Crippen molar-refractivity contribution in [2.45, 2.75) is 44.4 Å². The van der Waals surface area contributed by atoms with Crippen molar-refractivity contribution in [3.05, 3.63) is 53.1 Å². The zero-order valence-electron chi connectivity index (χ0n) is 15.6. The number of aromatic nitrogens is 2. The van der Waals surface area contributed by atoms with Crippen molar-refractivity contribution < 1.29 is 26.7 Å². The maximum Gasteiger partial charge on any atom is 0.434 e. The maximum absolute atomic E-state index is 13.2. The first-order valence-electron chi connectivity index (χ1n) is 9.24. The van der Waals surface area contributed by atoms with Crippen molar-refractivity contribution in [1.82, 2.24) is 14.5 Å². The van der Waals surface area contributed by atoms with Crippen molar-refractivity contribution in [3.8, 4) is 0 Å². The number of aryl methyl sites for hydroxylation is 1. The number of fused-ring (bicyclic) bond motifs is 1. The van der Waals surface area contributed by atoms with E-state index in [0.717, 1.165) is 18.3 Å². The van der Waals surface area contributed by atoms with E-state index in [4.69, 9.17) is 5.73 Å². The zero-order chi connectivity index (χ0) is 21.2. The van der Waals surface area contributed by atoms with E-state index in [1.165, 1.54) is 10.6 Å². The standard InChI is InChI=1S/C19H21F5N4O/c20-14-4-2-12(9-15(14)21)1-3-13(25)10-18(29)27-6-5-17-26-16(19(22,23)24)11-28(17)8-7-27/h2,4,9,11,13H,1,3,5-8,10,25H2/t13-/m1/s1. The third-order valence-corrected chi connectivity index (χ3v) is 4.94. The number of alkyl halides is 3. The lowest BCUT2D eigenvalue weighted by Crippen LogP contribution is -2.37. The summed E-state index contributed by atoms with van der Waals surface area (Å²) in [6, 6.07) is 3.16. The van der Waals surface area contributed by atoms with Gasteiger partial charge in [0.1, 0.15) is 5.82 Å². The van der Waals surface area contributed by atoms with Gasteiger partial charge in [-0.1, -0.05) is 6.07 Å². The fourth-order valence-electron chi connectivity index (χ4n) is 3.31. The SMILES string of the molecule is N[C@H](CCc1ccc(F)c(F)c1)CC(=O)N1CCc2nc(C(F)(F)F)cn2CC1. The third-order valence-electron chi connectivity index (χ3n) is 4.94. The van der Waals surface area contributed by atoms with Crippen molar-refractivity contribution in [3.63, 3.8) is 0 Å². The summed E-state index contributed by atoms with van der Waals surface area (Å²) >= 11 is 0. The second kappa shape index (κ2) is 8.48. The molecule has 0 bridgehead atoms. The Morgan fingerprint density at radius 1 is 1.17 bits per heavy atom. The first kappa shape index (κ1) is 21.2. The zero-order valence-corrected chi connectivity index (χ0v) is 15.6. The lowest BCUT2D eigenvalue weighted by molar-refractivity contribution is -0.141. The largest absolute Gasteiger partial charge is 0.434 e. The quantitative estimate of drug-likeness (QED) is 0.763. The number of nitrogens with zero attached hydrogens (tertiary/aromatic N) is 3. The highest BCUT2D eigenvalue weighted by molar-refractivity contribution is 5.76. The molecule has 0 fully saturated rings. The summed E-state index contributed by atoms with van der Waals surface area (Å²) < 4.78 is 65.9. The van der Waals surface area contributed by atoms with Gasteiger partial charge in [-0.2, -0.15) is 13.2 Å². The van der Waals surface area contributed by atoms with Crippen LogP contribution in [-0.2, 0) is 30.4 Å². The molecule has 0 saturated heterocycles. The van der Waals surface area contributed by atoms with Gasteiger partial charge in [-0.3, -0.25) is 4.79 Å². The molecule has 0 radical (unpaired) electrons. The summed E-state index contributed by atoms with van der Waals surface area (Å²) in [7, 11) is 0. The molecular formula is C19H21F5N4O. The van der Waals surface area contributed by atoms with Crippen LogP contribution in [0.25, 0.3) is 0 Å². The van der Waals surface area contributed by atoms with Crippen molar-refractivity contribution in [1.29, 1.82) is 0 Å². The van der Waals surface area contributed by atoms with Crippen LogP contribution in [0.2, 0.25) is 0 Å². The van der Waals surface area contributed by atoms with Crippen LogP contribution < -0.4 is 5.73 Å². The van der Waals surface area contributed by atoms with Gasteiger partial charge < -0.3 is 15.2 Å². The molecule has 1 aliphatic rings. The predicted molar refractivity (Wildman–Crippen MR) is 94.8 cm³/mol. The number of nitrogens with two attached hydrogens (primary N) is 1. The number of benzene rings is 1. The number of rotatable bonds is 5. The summed E-state index contributed by atoms with van der Waals surface area (Å²) in [6.45, 7) is 0.771. The summed E-state index contributed by atoms with van der Waals surface area (Å²) in [5, 5.41) is 0. The molecule has 1 aromatic carbocycles. The molecule has 2 heterocycles. The number of imidazole rings is 1. The fourth-order valence-corrected chi connectivity index (χ4v) is 3.31. The molecule has 1 amide bonds. The van der Waals surface area contributed by atoms with E-state index in [1.807, 2.05) is 0 Å². The summed E-state index contributed by atoms with van der Waals surface area (Å²) in [6.07, 6.45) is -2.40. The molecule has 1 aliphatic heterocycles. The Bertz CT molecular complexity index is 854. The topological polar surface area (TPSA) is 64.2 Å². The van der Waals surface area contributed by atoms with Gasteiger partial charge in [0.05, 0.1) is 0 Å². The molecule has 3 rings (SSSR count). The lowest BCUT2D eigenvalue weighted by Gasteiger charge is -2.22. The number of carbonyl (C=O) groups excluding carboxylic acids is 1. The molecule has 5 nitrogen and oxygen atoms in total. The number of hydrogen-bond acceptors (Lipinski definition) is 3. The van der Waals surface area contributed by atoms with Crippen LogP contribution in [0.3, 0.4) is 0 Å². The van der Waals surface area contributed by atoms with Crippen LogP contribution in [0.5, 0.6) is 0 Å². The predicted octanol–water partition coefficient (Wildman–Crippen LogP) is 2.92. The molecule has 158 valence electrons. The molecule has 1 aromatic heterocycles. The van der Waals surface area contributed by atoms with E-state index >= 15 is 0 Å². The minimum atomic E-state index is -4.49. The van der Waals surface area contributed by atoms with Gasteiger partial charge >= 0.3 is 6.18 Å². The highest BCUT2D eigenvalue weighted by Gasteiger charge is 2.35. The van der Waals surface area contributed by atoms with E-state index in [-0.39, 0.29) is 38.4 Å². The summed E-state index contributed by atoms with van der Waals surface area (Å²) in [5.74, 6) is -1.74. The Labute approximate surface area is 164 Å². The van der Waals surface area contributed by atoms with Crippen molar-refractivity contribution in [2.24, 2.45) is 5.73 Å².